The number of rotatable bonds is 6. The van der Waals surface area contributed by atoms with E-state index in [1.54, 1.807) is 6.07 Å². The lowest BCUT2D eigenvalue weighted by Gasteiger charge is -2.17. The highest BCUT2D eigenvalue weighted by Gasteiger charge is 2.44. The van der Waals surface area contributed by atoms with Gasteiger partial charge in [0.05, 0.1) is 12.9 Å². The monoisotopic (exact) mass is 414 g/mol. The van der Waals surface area contributed by atoms with E-state index in [0.29, 0.717) is 16.9 Å². The van der Waals surface area contributed by atoms with Gasteiger partial charge in [0.15, 0.2) is 17.6 Å². The minimum absolute atomic E-state index is 0.242. The molecule has 0 spiro atoms. The first-order valence-electron chi connectivity index (χ1n) is 9.42. The van der Waals surface area contributed by atoms with Gasteiger partial charge in [-0.1, -0.05) is 30.3 Å². The fourth-order valence-corrected chi connectivity index (χ4v) is 3.36. The lowest BCUT2D eigenvalue weighted by Crippen LogP contribution is -2.33. The Bertz CT molecular complexity index is 1040. The van der Waals surface area contributed by atoms with Crippen LogP contribution in [0.1, 0.15) is 18.7 Å². The van der Waals surface area contributed by atoms with Crippen molar-refractivity contribution in [2.75, 3.05) is 11.9 Å². The van der Waals surface area contributed by atoms with Crippen molar-refractivity contribution in [3.8, 4) is 5.75 Å². The number of aliphatic hydroxyl groups is 3. The van der Waals surface area contributed by atoms with Crippen molar-refractivity contribution < 1.29 is 29.6 Å². The van der Waals surface area contributed by atoms with Gasteiger partial charge in [0.25, 0.3) is 0 Å². The molecule has 0 radical (unpaired) electrons. The minimum atomic E-state index is -1.29. The van der Waals surface area contributed by atoms with Crippen molar-refractivity contribution >= 4 is 22.9 Å². The van der Waals surface area contributed by atoms with E-state index in [4.69, 9.17) is 9.47 Å². The zero-order valence-electron chi connectivity index (χ0n) is 16.2. The number of hydrogen-bond donors (Lipinski definition) is 4. The second-order valence-electron chi connectivity index (χ2n) is 7.01. The molecule has 3 heterocycles. The van der Waals surface area contributed by atoms with Crippen LogP contribution in [0.25, 0.3) is 11.2 Å². The summed E-state index contributed by atoms with van der Waals surface area (Å²) in [6.45, 7) is 1.19. The number of imidazole rings is 1. The number of benzene rings is 1. The number of ether oxygens (including phenoxy) is 2. The molecule has 1 fully saturated rings. The molecular weight excluding hydrogens is 392 g/mol. The Hall–Kier alpha value is -3.05. The average Bonchev–Trinajstić information content (AvgIpc) is 3.27. The number of aromatic nitrogens is 3. The third-order valence-electron chi connectivity index (χ3n) is 4.83. The number of carbonyl (C=O) groups is 1. The maximum atomic E-state index is 11.6. The van der Waals surface area contributed by atoms with Crippen LogP contribution in [0.15, 0.2) is 42.7 Å². The quantitative estimate of drug-likeness (QED) is 0.459. The standard InChI is InChI=1S/C20H22N4O6/c1-11(26)22-15-7-13(29-9-12-5-3-2-4-6-12)16-19(23-15)24(10-21-16)20-18(28)17(27)14(8-25)30-20/h2-7,10,14,17-18,20,25,27-28H,8-9H2,1H3,(H,22,23,26)/t14-,17-,18-,20-/m1/s1. The second kappa shape index (κ2) is 8.36. The van der Waals surface area contributed by atoms with Crippen molar-refractivity contribution in [1.29, 1.82) is 0 Å². The molecule has 158 valence electrons. The molecule has 10 heteroatoms. The Morgan fingerprint density at radius 1 is 1.27 bits per heavy atom. The predicted octanol–water partition coefficient (Wildman–Crippen LogP) is 0.580. The molecule has 1 amide bonds. The lowest BCUT2D eigenvalue weighted by molar-refractivity contribution is -0.114. The summed E-state index contributed by atoms with van der Waals surface area (Å²) >= 11 is 0. The highest BCUT2D eigenvalue weighted by atomic mass is 16.6. The molecule has 4 N–H and O–H groups in total. The molecule has 1 aliphatic rings. The zero-order chi connectivity index (χ0) is 21.3. The highest BCUT2D eigenvalue weighted by molar-refractivity contribution is 5.90. The molecule has 1 aliphatic heterocycles. The number of aliphatic hydroxyl groups excluding tert-OH is 3. The smallest absolute Gasteiger partial charge is 0.222 e. The van der Waals surface area contributed by atoms with Gasteiger partial charge in [-0.2, -0.15) is 0 Å². The van der Waals surface area contributed by atoms with Crippen LogP contribution < -0.4 is 10.1 Å². The predicted molar refractivity (Wildman–Crippen MR) is 106 cm³/mol. The average molecular weight is 414 g/mol. The first kappa shape index (κ1) is 20.2. The molecule has 1 saturated heterocycles. The minimum Gasteiger partial charge on any atom is -0.486 e. The fourth-order valence-electron chi connectivity index (χ4n) is 3.36. The number of hydrogen-bond acceptors (Lipinski definition) is 8. The summed E-state index contributed by atoms with van der Waals surface area (Å²) < 4.78 is 13.0. The first-order chi connectivity index (χ1) is 14.5. The normalized spacial score (nSPS) is 23.6. The topological polar surface area (TPSA) is 139 Å². The van der Waals surface area contributed by atoms with E-state index in [0.717, 1.165) is 5.56 Å². The van der Waals surface area contributed by atoms with Gasteiger partial charge in [-0.05, 0) is 5.56 Å². The Balaban J connectivity index is 1.72. The Morgan fingerprint density at radius 3 is 2.70 bits per heavy atom. The number of amides is 1. The maximum absolute atomic E-state index is 11.6. The van der Waals surface area contributed by atoms with E-state index in [-0.39, 0.29) is 18.3 Å². The highest BCUT2D eigenvalue weighted by Crippen LogP contribution is 2.34. The van der Waals surface area contributed by atoms with Crippen molar-refractivity contribution in [3.63, 3.8) is 0 Å². The Kier molecular flexibility index (Phi) is 5.64. The number of carbonyl (C=O) groups excluding carboxylic acids is 1. The molecule has 0 bridgehead atoms. The Morgan fingerprint density at radius 2 is 2.03 bits per heavy atom. The van der Waals surface area contributed by atoms with Crippen molar-refractivity contribution in [2.45, 2.75) is 38.1 Å². The van der Waals surface area contributed by atoms with E-state index < -0.39 is 31.1 Å². The summed E-state index contributed by atoms with van der Waals surface area (Å²) in [7, 11) is 0. The summed E-state index contributed by atoms with van der Waals surface area (Å²) in [5, 5.41) is 32.4. The van der Waals surface area contributed by atoms with Crippen LogP contribution in [0, 0.1) is 0 Å². The van der Waals surface area contributed by atoms with Gasteiger partial charge in [-0.15, -0.1) is 0 Å². The molecule has 0 saturated carbocycles. The molecule has 30 heavy (non-hydrogen) atoms. The van der Waals surface area contributed by atoms with Crippen molar-refractivity contribution in [1.82, 2.24) is 14.5 Å². The van der Waals surface area contributed by atoms with Gasteiger partial charge in [-0.25, -0.2) is 9.97 Å². The van der Waals surface area contributed by atoms with Gasteiger partial charge >= 0.3 is 0 Å². The number of anilines is 1. The van der Waals surface area contributed by atoms with Crippen LogP contribution >= 0.6 is 0 Å². The molecular formula is C20H22N4O6. The van der Waals surface area contributed by atoms with Crippen LogP contribution in [0.4, 0.5) is 5.82 Å². The largest absolute Gasteiger partial charge is 0.486 e. The molecule has 0 aliphatic carbocycles. The summed E-state index contributed by atoms with van der Waals surface area (Å²) in [5.41, 5.74) is 1.64. The second-order valence-corrected chi connectivity index (χ2v) is 7.01. The summed E-state index contributed by atoms with van der Waals surface area (Å²) in [4.78, 5) is 20.3. The first-order valence-corrected chi connectivity index (χ1v) is 9.42. The summed E-state index contributed by atoms with van der Waals surface area (Å²) in [5.74, 6) is 0.319. The van der Waals surface area contributed by atoms with E-state index in [9.17, 15) is 20.1 Å². The van der Waals surface area contributed by atoms with Crippen LogP contribution in [0.3, 0.4) is 0 Å². The number of nitrogens with one attached hydrogen (secondary N) is 1. The summed E-state index contributed by atoms with van der Waals surface area (Å²) in [6.07, 6.45) is -3.09. The van der Waals surface area contributed by atoms with Gasteiger partial charge in [0.1, 0.15) is 36.3 Å². The van der Waals surface area contributed by atoms with Gasteiger partial charge in [0, 0.05) is 13.0 Å². The molecule has 4 rings (SSSR count). The Labute approximate surface area is 171 Å². The van der Waals surface area contributed by atoms with E-state index in [1.807, 2.05) is 30.3 Å². The molecule has 1 aromatic carbocycles. The van der Waals surface area contributed by atoms with Crippen LogP contribution in [-0.2, 0) is 16.1 Å². The number of nitrogens with zero attached hydrogens (tertiary/aromatic N) is 3. The third kappa shape index (κ3) is 3.85. The van der Waals surface area contributed by atoms with E-state index >= 15 is 0 Å². The zero-order valence-corrected chi connectivity index (χ0v) is 16.2. The van der Waals surface area contributed by atoms with Crippen LogP contribution in [-0.4, -0.2) is 60.7 Å². The number of pyridine rings is 1. The molecule has 4 atom stereocenters. The number of fused-ring (bicyclic) bond motifs is 1. The van der Waals surface area contributed by atoms with Crippen molar-refractivity contribution in [2.24, 2.45) is 0 Å². The molecule has 0 unspecified atom stereocenters. The van der Waals surface area contributed by atoms with Gasteiger partial charge in [-0.3, -0.25) is 9.36 Å². The van der Waals surface area contributed by atoms with Crippen LogP contribution in [0.2, 0.25) is 0 Å². The van der Waals surface area contributed by atoms with Crippen LogP contribution in [0.5, 0.6) is 5.75 Å². The summed E-state index contributed by atoms with van der Waals surface area (Å²) in [6, 6.07) is 11.1. The molecule has 10 nitrogen and oxygen atoms in total. The lowest BCUT2D eigenvalue weighted by atomic mass is 10.1. The third-order valence-corrected chi connectivity index (χ3v) is 4.83. The maximum Gasteiger partial charge on any atom is 0.222 e. The SMILES string of the molecule is CC(=O)Nc1cc(OCc2ccccc2)c2ncn([C@@H]3O[C@H](CO)[C@@H](O)[C@H]3O)c2n1. The van der Waals surface area contributed by atoms with E-state index in [2.05, 4.69) is 15.3 Å². The van der Waals surface area contributed by atoms with E-state index in [1.165, 1.54) is 17.8 Å². The van der Waals surface area contributed by atoms with Gasteiger partial charge in [0.2, 0.25) is 5.91 Å². The van der Waals surface area contributed by atoms with Gasteiger partial charge < -0.3 is 30.1 Å². The fraction of sp³-hybridized carbons (Fsp3) is 0.350. The molecule has 2 aromatic heterocycles. The van der Waals surface area contributed by atoms with Crippen molar-refractivity contribution in [3.05, 3.63) is 48.3 Å². The molecule has 3 aromatic rings.